The molecule has 0 unspecified atom stereocenters. The third kappa shape index (κ3) is 6.50. The van der Waals surface area contributed by atoms with Gasteiger partial charge >= 0.3 is 5.97 Å². The first-order valence-electron chi connectivity index (χ1n) is 8.41. The molecule has 0 atom stereocenters. The molecule has 2 N–H and O–H groups in total. The number of carboxylic acids is 1. The van der Waals surface area contributed by atoms with Gasteiger partial charge in [-0.25, -0.2) is 0 Å². The van der Waals surface area contributed by atoms with E-state index in [4.69, 9.17) is 5.11 Å². The summed E-state index contributed by atoms with van der Waals surface area (Å²) in [5.41, 5.74) is 1.12. The molecular formula is C17H23N3O5. The topological polar surface area (TPSA) is 113 Å². The average molecular weight is 349 g/mol. The number of likely N-dealkylation sites (tertiary alicyclic amines) is 1. The molecule has 1 heterocycles. The predicted molar refractivity (Wildman–Crippen MR) is 91.0 cm³/mol. The number of benzene rings is 1. The molecule has 2 rings (SSSR count). The van der Waals surface area contributed by atoms with Crippen LogP contribution in [-0.2, 0) is 16.1 Å². The molecule has 1 aliphatic heterocycles. The molecule has 1 aromatic carbocycles. The van der Waals surface area contributed by atoms with Gasteiger partial charge in [-0.05, 0) is 24.8 Å². The maximum Gasteiger partial charge on any atom is 0.303 e. The number of nitro groups is 1. The number of rotatable bonds is 8. The van der Waals surface area contributed by atoms with Crippen molar-refractivity contribution in [3.63, 3.8) is 0 Å². The molecule has 0 radical (unpaired) electrons. The number of aliphatic carboxylic acids is 1. The van der Waals surface area contributed by atoms with Crippen LogP contribution in [0.5, 0.6) is 0 Å². The maximum atomic E-state index is 11.8. The van der Waals surface area contributed by atoms with Gasteiger partial charge in [0.05, 0.1) is 4.92 Å². The molecule has 0 aromatic heterocycles. The van der Waals surface area contributed by atoms with Crippen LogP contribution in [0.3, 0.4) is 0 Å². The first-order chi connectivity index (χ1) is 11.9. The molecule has 8 heteroatoms. The highest BCUT2D eigenvalue weighted by atomic mass is 16.6. The molecule has 0 spiro atoms. The second kappa shape index (κ2) is 9.12. The minimum atomic E-state index is -0.882. The fourth-order valence-electron chi connectivity index (χ4n) is 2.92. The van der Waals surface area contributed by atoms with Gasteiger partial charge < -0.3 is 10.4 Å². The largest absolute Gasteiger partial charge is 0.481 e. The van der Waals surface area contributed by atoms with Crippen molar-refractivity contribution >= 4 is 17.6 Å². The average Bonchev–Trinajstić information content (AvgIpc) is 2.57. The summed E-state index contributed by atoms with van der Waals surface area (Å²) in [7, 11) is 0. The number of hydrogen-bond donors (Lipinski definition) is 2. The molecule has 1 saturated heterocycles. The summed E-state index contributed by atoms with van der Waals surface area (Å²) in [6.45, 7) is 2.42. The van der Waals surface area contributed by atoms with Crippen LogP contribution < -0.4 is 5.32 Å². The molecule has 25 heavy (non-hydrogen) atoms. The van der Waals surface area contributed by atoms with Gasteiger partial charge in [-0.2, -0.15) is 0 Å². The van der Waals surface area contributed by atoms with Gasteiger partial charge in [-0.3, -0.25) is 24.6 Å². The lowest BCUT2D eigenvalue weighted by Gasteiger charge is -2.32. The number of carbonyl (C=O) groups is 2. The van der Waals surface area contributed by atoms with Crippen LogP contribution >= 0.6 is 0 Å². The van der Waals surface area contributed by atoms with Gasteiger partial charge in [0.1, 0.15) is 0 Å². The van der Waals surface area contributed by atoms with Crippen molar-refractivity contribution in [3.8, 4) is 0 Å². The molecule has 1 fully saturated rings. The molecule has 0 saturated carbocycles. The second-order valence-corrected chi connectivity index (χ2v) is 6.29. The van der Waals surface area contributed by atoms with Crippen molar-refractivity contribution in [2.45, 2.75) is 44.7 Å². The van der Waals surface area contributed by atoms with Gasteiger partial charge in [0.25, 0.3) is 5.69 Å². The van der Waals surface area contributed by atoms with Crippen LogP contribution in [-0.4, -0.2) is 45.9 Å². The van der Waals surface area contributed by atoms with E-state index >= 15 is 0 Å². The summed E-state index contributed by atoms with van der Waals surface area (Å²) in [5, 5.41) is 22.2. The monoisotopic (exact) mass is 349 g/mol. The Morgan fingerprint density at radius 3 is 2.40 bits per heavy atom. The summed E-state index contributed by atoms with van der Waals surface area (Å²) >= 11 is 0. The van der Waals surface area contributed by atoms with E-state index in [1.807, 2.05) is 0 Å². The quantitative estimate of drug-likeness (QED) is 0.548. The Morgan fingerprint density at radius 2 is 1.84 bits per heavy atom. The molecule has 8 nitrogen and oxygen atoms in total. The van der Waals surface area contributed by atoms with Crippen molar-refractivity contribution in [1.29, 1.82) is 0 Å². The van der Waals surface area contributed by atoms with Crippen molar-refractivity contribution in [2.24, 2.45) is 0 Å². The predicted octanol–water partition coefficient (Wildman–Crippen LogP) is 1.93. The first-order valence-corrected chi connectivity index (χ1v) is 8.41. The third-order valence-electron chi connectivity index (χ3n) is 4.30. The highest BCUT2D eigenvalue weighted by molar-refractivity contribution is 5.77. The standard InChI is InChI=1S/C17H23N3O5/c21-16(2-1-3-17(22)23)18-14-8-10-19(11-9-14)12-13-4-6-15(7-5-13)20(24)25/h4-7,14H,1-3,8-12H2,(H,18,21)(H,22,23). The van der Waals surface area contributed by atoms with E-state index in [1.165, 1.54) is 12.1 Å². The van der Waals surface area contributed by atoms with Crippen molar-refractivity contribution in [3.05, 3.63) is 39.9 Å². The summed E-state index contributed by atoms with van der Waals surface area (Å²) in [5.74, 6) is -0.970. The summed E-state index contributed by atoms with van der Waals surface area (Å²) in [4.78, 5) is 34.7. The minimum Gasteiger partial charge on any atom is -0.481 e. The maximum absolute atomic E-state index is 11.8. The Balaban J connectivity index is 1.69. The number of amides is 1. The van der Waals surface area contributed by atoms with Crippen molar-refractivity contribution < 1.29 is 19.6 Å². The SMILES string of the molecule is O=C(O)CCCC(=O)NC1CCN(Cc2ccc([N+](=O)[O-])cc2)CC1. The fourth-order valence-corrected chi connectivity index (χ4v) is 2.92. The van der Waals surface area contributed by atoms with Crippen LogP contribution in [0.4, 0.5) is 5.69 Å². The molecule has 136 valence electrons. The number of hydrogen-bond acceptors (Lipinski definition) is 5. The van der Waals surface area contributed by atoms with Crippen molar-refractivity contribution in [1.82, 2.24) is 10.2 Å². The van der Waals surface area contributed by atoms with Gasteiger partial charge in [-0.15, -0.1) is 0 Å². The van der Waals surface area contributed by atoms with Crippen LogP contribution in [0.25, 0.3) is 0 Å². The highest BCUT2D eigenvalue weighted by Crippen LogP contribution is 2.17. The van der Waals surface area contributed by atoms with Crippen LogP contribution in [0.1, 0.15) is 37.7 Å². The van der Waals surface area contributed by atoms with Crippen LogP contribution in [0.15, 0.2) is 24.3 Å². The van der Waals surface area contributed by atoms with Crippen molar-refractivity contribution in [2.75, 3.05) is 13.1 Å². The lowest BCUT2D eigenvalue weighted by molar-refractivity contribution is -0.384. The van der Waals surface area contributed by atoms with Crippen LogP contribution in [0.2, 0.25) is 0 Å². The van der Waals surface area contributed by atoms with Gasteiger partial charge in [-0.1, -0.05) is 12.1 Å². The fraction of sp³-hybridized carbons (Fsp3) is 0.529. The minimum absolute atomic E-state index is 0.0150. The Morgan fingerprint density at radius 1 is 1.20 bits per heavy atom. The van der Waals surface area contributed by atoms with E-state index in [-0.39, 0.29) is 30.5 Å². The Hall–Kier alpha value is -2.48. The van der Waals surface area contributed by atoms with E-state index in [1.54, 1.807) is 12.1 Å². The van der Waals surface area contributed by atoms with Crippen LogP contribution in [0, 0.1) is 10.1 Å². The van der Waals surface area contributed by atoms with E-state index in [2.05, 4.69) is 10.2 Å². The summed E-state index contributed by atoms with van der Waals surface area (Å²) < 4.78 is 0. The molecule has 1 aromatic rings. The zero-order valence-electron chi connectivity index (χ0n) is 14.0. The summed E-state index contributed by atoms with van der Waals surface area (Å²) in [6.07, 6.45) is 2.31. The number of nitrogens with zero attached hydrogens (tertiary/aromatic N) is 2. The number of nitrogens with one attached hydrogen (secondary N) is 1. The van der Waals surface area contributed by atoms with Gasteiger partial charge in [0, 0.05) is 50.7 Å². The lowest BCUT2D eigenvalue weighted by atomic mass is 10.0. The highest BCUT2D eigenvalue weighted by Gasteiger charge is 2.20. The Labute approximate surface area is 146 Å². The number of piperidine rings is 1. The zero-order valence-corrected chi connectivity index (χ0v) is 14.0. The summed E-state index contributed by atoms with van der Waals surface area (Å²) in [6, 6.07) is 6.70. The molecule has 1 amide bonds. The Kier molecular flexibility index (Phi) is 6.88. The molecular weight excluding hydrogens is 326 g/mol. The number of carboxylic acid groups (broad SMARTS) is 1. The number of carbonyl (C=O) groups excluding carboxylic acids is 1. The van der Waals surface area contributed by atoms with Gasteiger partial charge in [0.15, 0.2) is 0 Å². The van der Waals surface area contributed by atoms with E-state index < -0.39 is 10.9 Å². The number of nitro benzene ring substituents is 1. The van der Waals surface area contributed by atoms with E-state index in [9.17, 15) is 19.7 Å². The lowest BCUT2D eigenvalue weighted by Crippen LogP contribution is -2.44. The van der Waals surface area contributed by atoms with E-state index in [0.29, 0.717) is 6.42 Å². The third-order valence-corrected chi connectivity index (χ3v) is 4.30. The molecule has 0 aliphatic carbocycles. The Bertz CT molecular complexity index is 609. The molecule has 0 bridgehead atoms. The second-order valence-electron chi connectivity index (χ2n) is 6.29. The molecule has 1 aliphatic rings. The zero-order chi connectivity index (χ0) is 18.2. The van der Waals surface area contributed by atoms with Gasteiger partial charge in [0.2, 0.25) is 5.91 Å². The number of non-ortho nitro benzene ring substituents is 1. The smallest absolute Gasteiger partial charge is 0.303 e. The normalized spacial score (nSPS) is 15.7. The first kappa shape index (κ1) is 18.9. The van der Waals surface area contributed by atoms with E-state index in [0.717, 1.165) is 38.0 Å².